The van der Waals surface area contributed by atoms with Crippen LogP contribution in [0.25, 0.3) is 0 Å². The lowest BCUT2D eigenvalue weighted by molar-refractivity contribution is -0.00538. The molecule has 0 saturated heterocycles. The van der Waals surface area contributed by atoms with Crippen molar-refractivity contribution < 1.29 is 4.74 Å². The van der Waals surface area contributed by atoms with Gasteiger partial charge >= 0.3 is 0 Å². The van der Waals surface area contributed by atoms with Crippen molar-refractivity contribution in [3.8, 4) is 5.75 Å². The predicted octanol–water partition coefficient (Wildman–Crippen LogP) is 4.83. The van der Waals surface area contributed by atoms with Crippen molar-refractivity contribution >= 4 is 15.9 Å². The molecular weight excluding hydrogens is 314 g/mol. The summed E-state index contributed by atoms with van der Waals surface area (Å²) >= 11 is 3.59. The molecule has 1 aromatic carbocycles. The Morgan fingerprint density at radius 3 is 3.00 bits per heavy atom. The fourth-order valence-corrected chi connectivity index (χ4v) is 4.50. The molecule has 2 nitrogen and oxygen atoms in total. The Hall–Kier alpha value is -0.540. The second-order valence-corrected chi connectivity index (χ2v) is 7.08. The van der Waals surface area contributed by atoms with Gasteiger partial charge in [-0.1, -0.05) is 29.8 Å². The van der Waals surface area contributed by atoms with Gasteiger partial charge in [-0.15, -0.1) is 0 Å². The van der Waals surface area contributed by atoms with Gasteiger partial charge in [-0.25, -0.2) is 0 Å². The van der Waals surface area contributed by atoms with Gasteiger partial charge in [-0.05, 0) is 56.3 Å². The Morgan fingerprint density at radius 1 is 1.40 bits per heavy atom. The second kappa shape index (κ2) is 5.69. The molecule has 1 aliphatic heterocycles. The lowest BCUT2D eigenvalue weighted by Crippen LogP contribution is -2.46. The minimum atomic E-state index is 0.0718. The highest BCUT2D eigenvalue weighted by Crippen LogP contribution is 2.51. The number of halogens is 1. The molecule has 1 saturated carbocycles. The first-order valence-electron chi connectivity index (χ1n) is 7.90. The van der Waals surface area contributed by atoms with Crippen LogP contribution >= 0.6 is 15.9 Å². The molecule has 1 spiro atoms. The van der Waals surface area contributed by atoms with E-state index in [9.17, 15) is 0 Å². The standard InChI is InChI=1S/C17H24BrNO/c1-3-12-6-5-9-17(12)11-15(19-4-2)14-10-13(18)7-8-16(14)20-17/h7-8,10,12,15,19H,3-6,9,11H2,1-2H3. The van der Waals surface area contributed by atoms with E-state index in [0.717, 1.165) is 23.2 Å². The van der Waals surface area contributed by atoms with Crippen molar-refractivity contribution in [1.82, 2.24) is 5.32 Å². The lowest BCUT2D eigenvalue weighted by Gasteiger charge is -2.44. The van der Waals surface area contributed by atoms with Crippen molar-refractivity contribution in [3.05, 3.63) is 28.2 Å². The van der Waals surface area contributed by atoms with E-state index in [-0.39, 0.29) is 5.60 Å². The third-order valence-electron chi connectivity index (χ3n) is 5.05. The topological polar surface area (TPSA) is 21.3 Å². The first kappa shape index (κ1) is 14.4. The van der Waals surface area contributed by atoms with Crippen LogP contribution in [-0.4, -0.2) is 12.1 Å². The number of ether oxygens (including phenoxy) is 1. The van der Waals surface area contributed by atoms with E-state index in [1.165, 1.54) is 31.2 Å². The number of fused-ring (bicyclic) bond motifs is 1. The Morgan fingerprint density at radius 2 is 2.25 bits per heavy atom. The minimum Gasteiger partial charge on any atom is -0.487 e. The minimum absolute atomic E-state index is 0.0718. The summed E-state index contributed by atoms with van der Waals surface area (Å²) < 4.78 is 7.69. The highest BCUT2D eigenvalue weighted by Gasteiger charge is 2.48. The molecule has 110 valence electrons. The fraction of sp³-hybridized carbons (Fsp3) is 0.647. The summed E-state index contributed by atoms with van der Waals surface area (Å²) in [6.45, 7) is 5.50. The molecule has 0 aromatic heterocycles. The number of hydrogen-bond acceptors (Lipinski definition) is 2. The summed E-state index contributed by atoms with van der Waals surface area (Å²) in [5.74, 6) is 1.80. The summed E-state index contributed by atoms with van der Waals surface area (Å²) in [6.07, 6.45) is 6.18. The molecular formula is C17H24BrNO. The van der Waals surface area contributed by atoms with Crippen LogP contribution in [0.1, 0.15) is 57.6 Å². The van der Waals surface area contributed by atoms with E-state index in [1.54, 1.807) is 0 Å². The van der Waals surface area contributed by atoms with Gasteiger partial charge in [-0.3, -0.25) is 0 Å². The van der Waals surface area contributed by atoms with Crippen LogP contribution in [0.15, 0.2) is 22.7 Å². The average molecular weight is 338 g/mol. The number of nitrogens with one attached hydrogen (secondary N) is 1. The number of benzene rings is 1. The maximum Gasteiger partial charge on any atom is 0.125 e. The zero-order valence-corrected chi connectivity index (χ0v) is 14.0. The SMILES string of the molecule is CCNC1CC2(CCCC2CC)Oc2ccc(Br)cc21. The first-order valence-corrected chi connectivity index (χ1v) is 8.69. The molecule has 3 rings (SSSR count). The molecule has 0 amide bonds. The smallest absolute Gasteiger partial charge is 0.125 e. The molecule has 3 heteroatoms. The molecule has 20 heavy (non-hydrogen) atoms. The summed E-state index contributed by atoms with van der Waals surface area (Å²) in [5, 5.41) is 3.66. The van der Waals surface area contributed by atoms with Gasteiger partial charge in [-0.2, -0.15) is 0 Å². The summed E-state index contributed by atoms with van der Waals surface area (Å²) in [4.78, 5) is 0. The summed E-state index contributed by atoms with van der Waals surface area (Å²) in [5.41, 5.74) is 1.39. The van der Waals surface area contributed by atoms with Gasteiger partial charge in [0.2, 0.25) is 0 Å². The third kappa shape index (κ3) is 2.39. The molecule has 0 radical (unpaired) electrons. The monoisotopic (exact) mass is 337 g/mol. The van der Waals surface area contributed by atoms with Gasteiger partial charge in [0.1, 0.15) is 11.4 Å². The van der Waals surface area contributed by atoms with Crippen LogP contribution in [0.5, 0.6) is 5.75 Å². The maximum atomic E-state index is 6.55. The highest BCUT2D eigenvalue weighted by molar-refractivity contribution is 9.10. The second-order valence-electron chi connectivity index (χ2n) is 6.16. The molecule has 3 unspecified atom stereocenters. The van der Waals surface area contributed by atoms with E-state index < -0.39 is 0 Å². The Kier molecular flexibility index (Phi) is 4.09. The Labute approximate surface area is 130 Å². The first-order chi connectivity index (χ1) is 9.68. The van der Waals surface area contributed by atoms with E-state index in [0.29, 0.717) is 12.0 Å². The quantitative estimate of drug-likeness (QED) is 0.852. The van der Waals surface area contributed by atoms with Crippen molar-refractivity contribution in [2.24, 2.45) is 5.92 Å². The van der Waals surface area contributed by atoms with Crippen molar-refractivity contribution in [2.75, 3.05) is 6.54 Å². The Bertz CT molecular complexity index is 490. The van der Waals surface area contributed by atoms with Gasteiger partial charge < -0.3 is 10.1 Å². The van der Waals surface area contributed by atoms with Crippen LogP contribution in [0.4, 0.5) is 0 Å². The van der Waals surface area contributed by atoms with Gasteiger partial charge in [0.15, 0.2) is 0 Å². The average Bonchev–Trinajstić information content (AvgIpc) is 2.82. The normalized spacial score (nSPS) is 32.1. The van der Waals surface area contributed by atoms with E-state index in [4.69, 9.17) is 4.74 Å². The van der Waals surface area contributed by atoms with E-state index in [1.807, 2.05) is 0 Å². The van der Waals surface area contributed by atoms with Gasteiger partial charge in [0.05, 0.1) is 0 Å². The molecule has 2 aliphatic rings. The van der Waals surface area contributed by atoms with Crippen LogP contribution in [0.2, 0.25) is 0 Å². The molecule has 1 aromatic rings. The van der Waals surface area contributed by atoms with Crippen molar-refractivity contribution in [1.29, 1.82) is 0 Å². The zero-order valence-electron chi connectivity index (χ0n) is 12.4. The third-order valence-corrected chi connectivity index (χ3v) is 5.54. The molecule has 0 bridgehead atoms. The van der Waals surface area contributed by atoms with Gasteiger partial charge in [0.25, 0.3) is 0 Å². The zero-order chi connectivity index (χ0) is 14.2. The predicted molar refractivity (Wildman–Crippen MR) is 86.2 cm³/mol. The molecule has 1 fully saturated rings. The van der Waals surface area contributed by atoms with Crippen molar-refractivity contribution in [2.45, 2.75) is 57.6 Å². The highest BCUT2D eigenvalue weighted by atomic mass is 79.9. The molecule has 1 aliphatic carbocycles. The van der Waals surface area contributed by atoms with Crippen molar-refractivity contribution in [3.63, 3.8) is 0 Å². The largest absolute Gasteiger partial charge is 0.487 e. The van der Waals surface area contributed by atoms with Crippen LogP contribution in [0.3, 0.4) is 0 Å². The van der Waals surface area contributed by atoms with Crippen LogP contribution < -0.4 is 10.1 Å². The molecule has 1 heterocycles. The number of hydrogen-bond donors (Lipinski definition) is 1. The van der Waals surface area contributed by atoms with Crippen LogP contribution in [0, 0.1) is 5.92 Å². The fourth-order valence-electron chi connectivity index (χ4n) is 4.12. The van der Waals surface area contributed by atoms with E-state index >= 15 is 0 Å². The van der Waals surface area contributed by atoms with E-state index in [2.05, 4.69) is 53.3 Å². The summed E-state index contributed by atoms with van der Waals surface area (Å²) in [7, 11) is 0. The maximum absolute atomic E-state index is 6.55. The molecule has 3 atom stereocenters. The van der Waals surface area contributed by atoms with Gasteiger partial charge in [0, 0.05) is 22.5 Å². The molecule has 1 N–H and O–H groups in total. The summed E-state index contributed by atoms with van der Waals surface area (Å²) in [6, 6.07) is 6.87. The number of rotatable bonds is 3. The van der Waals surface area contributed by atoms with Crippen LogP contribution in [-0.2, 0) is 0 Å². The lowest BCUT2D eigenvalue weighted by atomic mass is 9.79. The Balaban J connectivity index is 1.98.